The molecular weight excluding hydrogens is 276 g/mol. The minimum Gasteiger partial charge on any atom is -0.345 e. The first-order chi connectivity index (χ1) is 9.51. The Morgan fingerprint density at radius 2 is 2.15 bits per heavy atom. The summed E-state index contributed by atoms with van der Waals surface area (Å²) < 4.78 is 0. The molecule has 0 spiro atoms. The zero-order valence-electron chi connectivity index (χ0n) is 11.4. The van der Waals surface area contributed by atoms with Gasteiger partial charge in [0.1, 0.15) is 5.54 Å². The van der Waals surface area contributed by atoms with Gasteiger partial charge in [-0.1, -0.05) is 23.7 Å². The van der Waals surface area contributed by atoms with Crippen LogP contribution in [-0.4, -0.2) is 28.8 Å². The zero-order valence-corrected chi connectivity index (χ0v) is 12.1. The van der Waals surface area contributed by atoms with E-state index in [1.807, 2.05) is 25.1 Å². The largest absolute Gasteiger partial charge is 0.345 e. The quantitative estimate of drug-likeness (QED) is 0.926. The van der Waals surface area contributed by atoms with E-state index in [9.17, 15) is 9.59 Å². The van der Waals surface area contributed by atoms with Gasteiger partial charge in [-0.2, -0.15) is 0 Å². The van der Waals surface area contributed by atoms with Crippen molar-refractivity contribution in [2.45, 2.75) is 31.8 Å². The van der Waals surface area contributed by atoms with Crippen molar-refractivity contribution in [3.8, 4) is 0 Å². The smallest absolute Gasteiger partial charge is 0.246 e. The lowest BCUT2D eigenvalue weighted by molar-refractivity contribution is -0.155. The number of hydrogen-bond acceptors (Lipinski definition) is 2. The molecule has 5 heteroatoms. The summed E-state index contributed by atoms with van der Waals surface area (Å²) in [5, 5.41) is 3.36. The summed E-state index contributed by atoms with van der Waals surface area (Å²) in [5.74, 6) is 0.200. The highest BCUT2D eigenvalue weighted by Crippen LogP contribution is 2.44. The van der Waals surface area contributed by atoms with Gasteiger partial charge in [0.25, 0.3) is 0 Å². The average molecular weight is 293 g/mol. The van der Waals surface area contributed by atoms with E-state index < -0.39 is 5.54 Å². The molecule has 0 radical (unpaired) electrons. The maximum absolute atomic E-state index is 12.3. The lowest BCUT2D eigenvalue weighted by Gasteiger charge is -2.44. The van der Waals surface area contributed by atoms with Crippen LogP contribution < -0.4 is 5.32 Å². The summed E-state index contributed by atoms with van der Waals surface area (Å²) in [4.78, 5) is 26.3. The number of rotatable bonds is 3. The first kappa shape index (κ1) is 13.4. The highest BCUT2D eigenvalue weighted by molar-refractivity contribution is 6.30. The second-order valence-corrected chi connectivity index (χ2v) is 6.15. The standard InChI is InChI=1S/C15H17ClN2O2/c1-15(11-5-6-11)14(20)17-8-13(19)18(15)9-10-3-2-4-12(16)7-10/h2-4,7,11H,5-6,8-9H2,1H3,(H,17,20). The lowest BCUT2D eigenvalue weighted by Crippen LogP contribution is -2.66. The van der Waals surface area contributed by atoms with Gasteiger partial charge in [-0.15, -0.1) is 0 Å². The zero-order chi connectivity index (χ0) is 14.3. The Kier molecular flexibility index (Phi) is 3.21. The van der Waals surface area contributed by atoms with E-state index in [0.29, 0.717) is 11.6 Å². The van der Waals surface area contributed by atoms with Gasteiger partial charge >= 0.3 is 0 Å². The average Bonchev–Trinajstić information content (AvgIpc) is 3.24. The van der Waals surface area contributed by atoms with E-state index in [2.05, 4.69) is 5.32 Å². The molecule has 4 nitrogen and oxygen atoms in total. The molecule has 3 rings (SSSR count). The van der Waals surface area contributed by atoms with Crippen LogP contribution in [0.25, 0.3) is 0 Å². The number of piperazine rings is 1. The Morgan fingerprint density at radius 3 is 2.80 bits per heavy atom. The van der Waals surface area contributed by atoms with Gasteiger partial charge in [-0.3, -0.25) is 9.59 Å². The van der Waals surface area contributed by atoms with Gasteiger partial charge in [0, 0.05) is 11.6 Å². The molecule has 1 aliphatic heterocycles. The summed E-state index contributed by atoms with van der Waals surface area (Å²) in [6.07, 6.45) is 2.01. The van der Waals surface area contributed by atoms with E-state index in [-0.39, 0.29) is 24.3 Å². The van der Waals surface area contributed by atoms with E-state index in [0.717, 1.165) is 18.4 Å². The number of benzene rings is 1. The molecular formula is C15H17ClN2O2. The first-order valence-electron chi connectivity index (χ1n) is 6.85. The molecule has 106 valence electrons. The van der Waals surface area contributed by atoms with Crippen molar-refractivity contribution in [1.82, 2.24) is 10.2 Å². The van der Waals surface area contributed by atoms with E-state index in [1.54, 1.807) is 11.0 Å². The van der Waals surface area contributed by atoms with Crippen molar-refractivity contribution < 1.29 is 9.59 Å². The first-order valence-corrected chi connectivity index (χ1v) is 7.23. The van der Waals surface area contributed by atoms with Crippen LogP contribution in [0.3, 0.4) is 0 Å². The number of nitrogens with zero attached hydrogens (tertiary/aromatic N) is 1. The molecule has 1 atom stereocenters. The van der Waals surface area contributed by atoms with Crippen molar-refractivity contribution in [1.29, 1.82) is 0 Å². The summed E-state index contributed by atoms with van der Waals surface area (Å²) in [5.41, 5.74) is 0.227. The van der Waals surface area contributed by atoms with E-state index in [1.165, 1.54) is 0 Å². The van der Waals surface area contributed by atoms with Gasteiger partial charge < -0.3 is 10.2 Å². The van der Waals surface area contributed by atoms with Gasteiger partial charge in [0.15, 0.2) is 0 Å². The Bertz CT molecular complexity index is 571. The normalized spacial score (nSPS) is 26.6. The van der Waals surface area contributed by atoms with Crippen LogP contribution in [0.15, 0.2) is 24.3 Å². The predicted molar refractivity (Wildman–Crippen MR) is 76.1 cm³/mol. The van der Waals surface area contributed by atoms with Gasteiger partial charge in [-0.05, 0) is 43.4 Å². The number of halogens is 1. The molecule has 20 heavy (non-hydrogen) atoms. The molecule has 1 aromatic rings. The number of amides is 2. The number of carbonyl (C=O) groups is 2. The van der Waals surface area contributed by atoms with Crippen LogP contribution in [0.5, 0.6) is 0 Å². The molecule has 1 saturated heterocycles. The van der Waals surface area contributed by atoms with E-state index >= 15 is 0 Å². The van der Waals surface area contributed by atoms with Crippen LogP contribution in [0.4, 0.5) is 0 Å². The van der Waals surface area contributed by atoms with Crippen LogP contribution in [0.1, 0.15) is 25.3 Å². The summed E-state index contributed by atoms with van der Waals surface area (Å²) in [6, 6.07) is 7.43. The maximum atomic E-state index is 12.3. The maximum Gasteiger partial charge on any atom is 0.246 e. The van der Waals surface area contributed by atoms with Crippen LogP contribution in [0, 0.1) is 5.92 Å². The van der Waals surface area contributed by atoms with Gasteiger partial charge in [0.05, 0.1) is 6.54 Å². The molecule has 1 unspecified atom stereocenters. The molecule has 2 amide bonds. The van der Waals surface area contributed by atoms with E-state index in [4.69, 9.17) is 11.6 Å². The van der Waals surface area contributed by atoms with Crippen molar-refractivity contribution in [3.05, 3.63) is 34.9 Å². The summed E-state index contributed by atoms with van der Waals surface area (Å²) in [7, 11) is 0. The summed E-state index contributed by atoms with van der Waals surface area (Å²) in [6.45, 7) is 2.39. The minimum atomic E-state index is -0.725. The fourth-order valence-electron chi connectivity index (χ4n) is 2.93. The van der Waals surface area contributed by atoms with Crippen molar-refractivity contribution in [2.24, 2.45) is 5.92 Å². The lowest BCUT2D eigenvalue weighted by atomic mass is 9.89. The fourth-order valence-corrected chi connectivity index (χ4v) is 3.15. The fraction of sp³-hybridized carbons (Fsp3) is 0.467. The number of carbonyl (C=O) groups excluding carboxylic acids is 2. The monoisotopic (exact) mass is 292 g/mol. The molecule has 2 aliphatic rings. The molecule has 1 aromatic carbocycles. The molecule has 1 saturated carbocycles. The Balaban J connectivity index is 1.91. The second kappa shape index (κ2) is 4.77. The molecule has 0 bridgehead atoms. The molecule has 1 aliphatic carbocycles. The van der Waals surface area contributed by atoms with Gasteiger partial charge in [-0.25, -0.2) is 0 Å². The summed E-state index contributed by atoms with van der Waals surface area (Å²) >= 11 is 5.99. The SMILES string of the molecule is CC1(C2CC2)C(=O)NCC(=O)N1Cc1cccc(Cl)c1. The third-order valence-electron chi connectivity index (χ3n) is 4.32. The van der Waals surface area contributed by atoms with Gasteiger partial charge in [0.2, 0.25) is 11.8 Å². The third-order valence-corrected chi connectivity index (χ3v) is 4.56. The van der Waals surface area contributed by atoms with Crippen LogP contribution in [-0.2, 0) is 16.1 Å². The van der Waals surface area contributed by atoms with Crippen LogP contribution in [0.2, 0.25) is 5.02 Å². The Morgan fingerprint density at radius 1 is 1.40 bits per heavy atom. The molecule has 0 aromatic heterocycles. The molecule has 1 N–H and O–H groups in total. The van der Waals surface area contributed by atoms with Crippen molar-refractivity contribution in [3.63, 3.8) is 0 Å². The van der Waals surface area contributed by atoms with Crippen molar-refractivity contribution in [2.75, 3.05) is 6.54 Å². The van der Waals surface area contributed by atoms with Crippen LogP contribution >= 0.6 is 11.6 Å². The molecule has 2 fully saturated rings. The predicted octanol–water partition coefficient (Wildman–Crippen LogP) is 1.97. The third kappa shape index (κ3) is 2.18. The number of hydrogen-bond donors (Lipinski definition) is 1. The Hall–Kier alpha value is -1.55. The highest BCUT2D eigenvalue weighted by Gasteiger charge is 2.54. The Labute approximate surface area is 123 Å². The number of nitrogens with one attached hydrogen (secondary N) is 1. The minimum absolute atomic E-state index is 0.0287. The highest BCUT2D eigenvalue weighted by atomic mass is 35.5. The molecule has 1 heterocycles. The second-order valence-electron chi connectivity index (χ2n) is 5.71. The van der Waals surface area contributed by atoms with Crippen molar-refractivity contribution >= 4 is 23.4 Å². The topological polar surface area (TPSA) is 49.4 Å².